The summed E-state index contributed by atoms with van der Waals surface area (Å²) in [5.74, 6) is 0. The number of hydrogen-bond acceptors (Lipinski definition) is 2. The molecule has 0 aromatic carbocycles. The van der Waals surface area contributed by atoms with Crippen molar-refractivity contribution in [2.24, 2.45) is 0 Å². The fraction of sp³-hybridized carbons (Fsp3) is 0.750. The Kier molecular flexibility index (Phi) is 1.17. The van der Waals surface area contributed by atoms with Crippen LogP contribution in [0.2, 0.25) is 0 Å². The van der Waals surface area contributed by atoms with Gasteiger partial charge in [0.25, 0.3) is 0 Å². The van der Waals surface area contributed by atoms with Crippen LogP contribution in [0.5, 0.6) is 0 Å². The van der Waals surface area contributed by atoms with Crippen LogP contribution in [0.4, 0.5) is 0 Å². The van der Waals surface area contributed by atoms with E-state index < -0.39 is 0 Å². The molecule has 2 heteroatoms. The maximum Gasteiger partial charge on any atom is 0.117 e. The number of epoxide rings is 1. The van der Waals surface area contributed by atoms with Crippen molar-refractivity contribution in [1.29, 1.82) is 0 Å². The second-order valence-electron chi connectivity index (χ2n) is 3.00. The fourth-order valence-corrected chi connectivity index (χ4v) is 1.82. The molecule has 1 aliphatic heterocycles. The first-order valence-electron chi connectivity index (χ1n) is 3.66. The van der Waals surface area contributed by atoms with Gasteiger partial charge in [0.1, 0.15) is 11.7 Å². The van der Waals surface area contributed by atoms with E-state index >= 15 is 0 Å². The molecule has 2 aliphatic rings. The first-order valence-corrected chi connectivity index (χ1v) is 3.66. The minimum Gasteiger partial charge on any atom is -0.371 e. The molecule has 2 nitrogen and oxygen atoms in total. The highest BCUT2D eigenvalue weighted by atomic mass is 16.6. The molecule has 0 spiro atoms. The van der Waals surface area contributed by atoms with Crippen LogP contribution in [0.25, 0.3) is 0 Å². The highest BCUT2D eigenvalue weighted by Crippen LogP contribution is 2.48. The van der Waals surface area contributed by atoms with Gasteiger partial charge in [-0.3, -0.25) is 0 Å². The van der Waals surface area contributed by atoms with Crippen LogP contribution >= 0.6 is 0 Å². The van der Waals surface area contributed by atoms with Gasteiger partial charge in [-0.1, -0.05) is 6.08 Å². The second kappa shape index (κ2) is 1.83. The Balaban J connectivity index is 2.18. The lowest BCUT2D eigenvalue weighted by atomic mass is 10.0. The quantitative estimate of drug-likeness (QED) is 0.423. The van der Waals surface area contributed by atoms with Gasteiger partial charge in [-0.15, -0.1) is 6.58 Å². The summed E-state index contributed by atoms with van der Waals surface area (Å²) in [5.41, 5.74) is -0.148. The molecule has 0 aromatic rings. The van der Waals surface area contributed by atoms with E-state index in [1.54, 1.807) is 7.11 Å². The van der Waals surface area contributed by atoms with Crippen LogP contribution in [0.15, 0.2) is 12.7 Å². The van der Waals surface area contributed by atoms with E-state index in [9.17, 15) is 0 Å². The summed E-state index contributed by atoms with van der Waals surface area (Å²) in [6, 6.07) is 0. The van der Waals surface area contributed by atoms with Crippen LogP contribution < -0.4 is 0 Å². The van der Waals surface area contributed by atoms with E-state index in [1.807, 2.05) is 6.08 Å². The van der Waals surface area contributed by atoms with Crippen molar-refractivity contribution in [1.82, 2.24) is 0 Å². The summed E-state index contributed by atoms with van der Waals surface area (Å²) in [7, 11) is 1.73. The van der Waals surface area contributed by atoms with Crippen molar-refractivity contribution in [2.75, 3.05) is 7.11 Å². The van der Waals surface area contributed by atoms with Crippen LogP contribution in [-0.2, 0) is 9.47 Å². The molecule has 2 fully saturated rings. The maximum atomic E-state index is 5.36. The maximum absolute atomic E-state index is 5.36. The summed E-state index contributed by atoms with van der Waals surface area (Å²) < 4.78 is 10.7. The van der Waals surface area contributed by atoms with Gasteiger partial charge in [0.2, 0.25) is 0 Å². The van der Waals surface area contributed by atoms with Crippen LogP contribution in [0, 0.1) is 0 Å². The van der Waals surface area contributed by atoms with E-state index in [4.69, 9.17) is 9.47 Å². The van der Waals surface area contributed by atoms with Crippen molar-refractivity contribution >= 4 is 0 Å². The molecule has 3 atom stereocenters. The van der Waals surface area contributed by atoms with Gasteiger partial charge < -0.3 is 9.47 Å². The highest BCUT2D eigenvalue weighted by Gasteiger charge is 2.59. The number of methoxy groups -OCH3 is 1. The Labute approximate surface area is 60.8 Å². The van der Waals surface area contributed by atoms with Crippen LogP contribution in [-0.4, -0.2) is 24.9 Å². The monoisotopic (exact) mass is 140 g/mol. The number of hydrogen-bond donors (Lipinski definition) is 0. The Hall–Kier alpha value is -0.340. The zero-order valence-corrected chi connectivity index (χ0v) is 6.17. The molecule has 1 saturated heterocycles. The average molecular weight is 140 g/mol. The smallest absolute Gasteiger partial charge is 0.117 e. The molecule has 2 rings (SSSR count). The lowest BCUT2D eigenvalue weighted by molar-refractivity contribution is 0.00196. The third-order valence-corrected chi connectivity index (χ3v) is 2.61. The van der Waals surface area contributed by atoms with Gasteiger partial charge in [-0.05, 0) is 12.8 Å². The second-order valence-corrected chi connectivity index (χ2v) is 3.00. The number of fused-ring (bicyclic) bond motifs is 1. The molecule has 0 radical (unpaired) electrons. The first-order chi connectivity index (χ1) is 4.82. The van der Waals surface area contributed by atoms with Gasteiger partial charge in [0, 0.05) is 7.11 Å². The number of ether oxygens (including phenoxy) is 2. The molecule has 10 heavy (non-hydrogen) atoms. The lowest BCUT2D eigenvalue weighted by Crippen LogP contribution is -2.31. The van der Waals surface area contributed by atoms with E-state index in [2.05, 4.69) is 6.58 Å². The molecule has 0 N–H and O–H groups in total. The summed E-state index contributed by atoms with van der Waals surface area (Å²) >= 11 is 0. The van der Waals surface area contributed by atoms with Gasteiger partial charge in [-0.25, -0.2) is 0 Å². The van der Waals surface area contributed by atoms with E-state index in [0.717, 1.165) is 12.8 Å². The molecule has 1 heterocycles. The zero-order chi connectivity index (χ0) is 7.19. The van der Waals surface area contributed by atoms with Crippen molar-refractivity contribution in [3.63, 3.8) is 0 Å². The predicted octanol–water partition coefficient (Wildman–Crippen LogP) is 1.12. The first kappa shape index (κ1) is 6.38. The normalized spacial score (nSPS) is 50.5. The number of rotatable bonds is 2. The van der Waals surface area contributed by atoms with E-state index in [0.29, 0.717) is 12.2 Å². The summed E-state index contributed by atoms with van der Waals surface area (Å²) in [4.78, 5) is 0. The molecule has 1 aliphatic carbocycles. The van der Waals surface area contributed by atoms with Crippen molar-refractivity contribution in [3.8, 4) is 0 Å². The minimum atomic E-state index is -0.148. The summed E-state index contributed by atoms with van der Waals surface area (Å²) in [6.07, 6.45) is 4.87. The fourth-order valence-electron chi connectivity index (χ4n) is 1.82. The van der Waals surface area contributed by atoms with Crippen molar-refractivity contribution < 1.29 is 9.47 Å². The summed E-state index contributed by atoms with van der Waals surface area (Å²) in [5, 5.41) is 0. The largest absolute Gasteiger partial charge is 0.371 e. The zero-order valence-electron chi connectivity index (χ0n) is 6.17. The molecular weight excluding hydrogens is 128 g/mol. The Bertz CT molecular complexity index is 167. The Morgan fingerprint density at radius 3 is 2.80 bits per heavy atom. The average Bonchev–Trinajstić information content (AvgIpc) is 2.68. The Morgan fingerprint density at radius 1 is 1.80 bits per heavy atom. The standard InChI is InChI=1S/C8H12O2/c1-3-8(9-2)5-4-6-7(8)10-6/h3,6-7H,1,4-5H2,2H3/t6-,7-,8+/m0/s1. The molecule has 0 unspecified atom stereocenters. The Morgan fingerprint density at radius 2 is 2.60 bits per heavy atom. The van der Waals surface area contributed by atoms with Crippen molar-refractivity contribution in [3.05, 3.63) is 12.7 Å². The molecule has 0 bridgehead atoms. The molecular formula is C8H12O2. The van der Waals surface area contributed by atoms with E-state index in [1.165, 1.54) is 0 Å². The van der Waals surface area contributed by atoms with Crippen LogP contribution in [0.3, 0.4) is 0 Å². The van der Waals surface area contributed by atoms with Gasteiger partial charge in [-0.2, -0.15) is 0 Å². The molecule has 0 aromatic heterocycles. The molecule has 1 saturated carbocycles. The summed E-state index contributed by atoms with van der Waals surface area (Å²) in [6.45, 7) is 3.76. The highest BCUT2D eigenvalue weighted by molar-refractivity contribution is 5.17. The minimum absolute atomic E-state index is 0.148. The lowest BCUT2D eigenvalue weighted by Gasteiger charge is -2.23. The third kappa shape index (κ3) is 0.607. The van der Waals surface area contributed by atoms with Gasteiger partial charge in [0.15, 0.2) is 0 Å². The molecule has 56 valence electrons. The van der Waals surface area contributed by atoms with E-state index in [-0.39, 0.29) is 5.60 Å². The molecule has 0 amide bonds. The van der Waals surface area contributed by atoms with Crippen molar-refractivity contribution in [2.45, 2.75) is 30.7 Å². The van der Waals surface area contributed by atoms with Gasteiger partial charge >= 0.3 is 0 Å². The predicted molar refractivity (Wildman–Crippen MR) is 37.8 cm³/mol. The third-order valence-electron chi connectivity index (χ3n) is 2.61. The van der Waals surface area contributed by atoms with Gasteiger partial charge in [0.05, 0.1) is 6.10 Å². The topological polar surface area (TPSA) is 21.8 Å². The van der Waals surface area contributed by atoms with Crippen LogP contribution in [0.1, 0.15) is 12.8 Å². The SMILES string of the molecule is C=C[C@@]1(OC)CC[C@@H]2O[C@@H]21.